The Hall–Kier alpha value is -2.69. The third kappa shape index (κ3) is 1.46. The number of hydrogen-bond acceptors (Lipinski definition) is 4. The first-order chi connectivity index (χ1) is 9.74. The molecule has 0 saturated carbocycles. The summed E-state index contributed by atoms with van der Waals surface area (Å²) in [6.45, 7) is 3.85. The van der Waals surface area contributed by atoms with Crippen molar-refractivity contribution in [1.29, 1.82) is 0 Å². The van der Waals surface area contributed by atoms with Gasteiger partial charge in [-0.15, -0.1) is 0 Å². The smallest absolute Gasteiger partial charge is 0.141 e. The SMILES string of the molecule is Cc1noc(C)c1-c1cnc2c(c1)[nH]c1cnccc12. The highest BCUT2D eigenvalue weighted by molar-refractivity contribution is 6.05. The highest BCUT2D eigenvalue weighted by atomic mass is 16.5. The van der Waals surface area contributed by atoms with Crippen LogP contribution >= 0.6 is 0 Å². The van der Waals surface area contributed by atoms with Gasteiger partial charge in [0.15, 0.2) is 0 Å². The molecule has 0 saturated heterocycles. The number of pyridine rings is 2. The lowest BCUT2D eigenvalue weighted by Gasteiger charge is -2.00. The first-order valence-electron chi connectivity index (χ1n) is 6.39. The van der Waals surface area contributed by atoms with Gasteiger partial charge in [0.25, 0.3) is 0 Å². The fourth-order valence-corrected chi connectivity index (χ4v) is 2.65. The number of rotatable bonds is 1. The van der Waals surface area contributed by atoms with Crippen molar-refractivity contribution in [2.24, 2.45) is 0 Å². The van der Waals surface area contributed by atoms with Crippen LogP contribution in [0.15, 0.2) is 35.2 Å². The lowest BCUT2D eigenvalue weighted by molar-refractivity contribution is 0.393. The molecule has 0 fully saturated rings. The zero-order chi connectivity index (χ0) is 13.7. The Balaban J connectivity index is 2.02. The number of nitrogens with one attached hydrogen (secondary N) is 1. The molecule has 0 bridgehead atoms. The molecule has 98 valence electrons. The van der Waals surface area contributed by atoms with Crippen molar-refractivity contribution in [2.45, 2.75) is 13.8 Å². The van der Waals surface area contributed by atoms with Gasteiger partial charge in [0.1, 0.15) is 5.76 Å². The number of H-pyrrole nitrogens is 1. The molecule has 4 aromatic rings. The molecular weight excluding hydrogens is 252 g/mol. The number of aryl methyl sites for hydroxylation is 2. The second kappa shape index (κ2) is 3.90. The van der Waals surface area contributed by atoms with Crippen molar-refractivity contribution >= 4 is 21.9 Å². The molecule has 0 unspecified atom stereocenters. The second-order valence-corrected chi connectivity index (χ2v) is 4.87. The summed E-state index contributed by atoms with van der Waals surface area (Å²) in [5, 5.41) is 5.08. The Kier molecular flexibility index (Phi) is 2.18. The van der Waals surface area contributed by atoms with Gasteiger partial charge >= 0.3 is 0 Å². The largest absolute Gasteiger partial charge is 0.361 e. The van der Waals surface area contributed by atoms with E-state index in [9.17, 15) is 0 Å². The highest BCUT2D eigenvalue weighted by Gasteiger charge is 2.13. The zero-order valence-electron chi connectivity index (χ0n) is 11.1. The van der Waals surface area contributed by atoms with Crippen LogP contribution in [0, 0.1) is 13.8 Å². The summed E-state index contributed by atoms with van der Waals surface area (Å²) in [4.78, 5) is 12.0. The molecule has 20 heavy (non-hydrogen) atoms. The molecule has 0 aliphatic carbocycles. The topological polar surface area (TPSA) is 67.6 Å². The maximum absolute atomic E-state index is 5.22. The van der Waals surface area contributed by atoms with Crippen molar-refractivity contribution in [3.05, 3.63) is 42.2 Å². The Morgan fingerprint density at radius 1 is 1.15 bits per heavy atom. The first kappa shape index (κ1) is 11.2. The van der Waals surface area contributed by atoms with Gasteiger partial charge in [0.2, 0.25) is 0 Å². The van der Waals surface area contributed by atoms with Crippen LogP contribution in [0.4, 0.5) is 0 Å². The minimum Gasteiger partial charge on any atom is -0.361 e. The molecule has 5 nitrogen and oxygen atoms in total. The van der Waals surface area contributed by atoms with E-state index in [0.29, 0.717) is 0 Å². The van der Waals surface area contributed by atoms with Gasteiger partial charge in [-0.1, -0.05) is 5.16 Å². The van der Waals surface area contributed by atoms with Crippen LogP contribution in [0.3, 0.4) is 0 Å². The molecule has 4 rings (SSSR count). The monoisotopic (exact) mass is 264 g/mol. The second-order valence-electron chi connectivity index (χ2n) is 4.87. The van der Waals surface area contributed by atoms with Gasteiger partial charge in [-0.25, -0.2) is 0 Å². The van der Waals surface area contributed by atoms with E-state index in [-0.39, 0.29) is 0 Å². The van der Waals surface area contributed by atoms with Crippen LogP contribution in [0.1, 0.15) is 11.5 Å². The molecule has 0 radical (unpaired) electrons. The van der Waals surface area contributed by atoms with Gasteiger partial charge < -0.3 is 9.51 Å². The third-order valence-electron chi connectivity index (χ3n) is 3.56. The first-order valence-corrected chi connectivity index (χ1v) is 6.39. The molecule has 4 aromatic heterocycles. The molecule has 0 spiro atoms. The normalized spacial score (nSPS) is 11.5. The predicted molar refractivity (Wildman–Crippen MR) is 76.4 cm³/mol. The lowest BCUT2D eigenvalue weighted by Crippen LogP contribution is -1.84. The minimum absolute atomic E-state index is 0.807. The summed E-state index contributed by atoms with van der Waals surface area (Å²) in [6, 6.07) is 4.05. The van der Waals surface area contributed by atoms with Crippen molar-refractivity contribution in [3.8, 4) is 11.1 Å². The van der Waals surface area contributed by atoms with Crippen molar-refractivity contribution in [2.75, 3.05) is 0 Å². The maximum Gasteiger partial charge on any atom is 0.141 e. The van der Waals surface area contributed by atoms with Gasteiger partial charge in [-0.3, -0.25) is 9.97 Å². The fraction of sp³-hybridized carbons (Fsp3) is 0.133. The van der Waals surface area contributed by atoms with Crippen LogP contribution in [0.25, 0.3) is 33.1 Å². The van der Waals surface area contributed by atoms with E-state index in [1.807, 2.05) is 32.3 Å². The van der Waals surface area contributed by atoms with E-state index in [4.69, 9.17) is 4.52 Å². The summed E-state index contributed by atoms with van der Waals surface area (Å²) < 4.78 is 5.22. The van der Waals surface area contributed by atoms with Crippen LogP contribution in [0.2, 0.25) is 0 Å². The Labute approximate surface area is 114 Å². The van der Waals surface area contributed by atoms with E-state index in [1.165, 1.54) is 0 Å². The number of hydrogen-bond donors (Lipinski definition) is 1. The average molecular weight is 264 g/mol. The Morgan fingerprint density at radius 2 is 2.05 bits per heavy atom. The molecule has 0 aliphatic heterocycles. The number of aromatic amines is 1. The molecule has 4 heterocycles. The Bertz CT molecular complexity index is 916. The fourth-order valence-electron chi connectivity index (χ4n) is 2.65. The van der Waals surface area contributed by atoms with E-state index >= 15 is 0 Å². The van der Waals surface area contributed by atoms with Crippen LogP contribution < -0.4 is 0 Å². The number of nitrogens with zero attached hydrogens (tertiary/aromatic N) is 3. The van der Waals surface area contributed by atoms with Crippen LogP contribution in [0.5, 0.6) is 0 Å². The van der Waals surface area contributed by atoms with E-state index in [1.54, 1.807) is 6.20 Å². The third-order valence-corrected chi connectivity index (χ3v) is 3.56. The van der Waals surface area contributed by atoms with Crippen LogP contribution in [-0.4, -0.2) is 20.1 Å². The standard InChI is InChI=1S/C15H12N4O/c1-8-14(9(2)20-19-8)10-5-12-15(17-6-10)11-3-4-16-7-13(11)18-12/h3-7,18H,1-2H3. The molecule has 0 atom stereocenters. The summed E-state index contributed by atoms with van der Waals surface area (Å²) >= 11 is 0. The molecule has 0 amide bonds. The van der Waals surface area contributed by atoms with Crippen molar-refractivity contribution < 1.29 is 4.52 Å². The average Bonchev–Trinajstić information content (AvgIpc) is 2.98. The van der Waals surface area contributed by atoms with Crippen molar-refractivity contribution in [1.82, 2.24) is 20.1 Å². The zero-order valence-corrected chi connectivity index (χ0v) is 11.1. The van der Waals surface area contributed by atoms with Crippen molar-refractivity contribution in [3.63, 3.8) is 0 Å². The van der Waals surface area contributed by atoms with Gasteiger partial charge in [0, 0.05) is 28.9 Å². The summed E-state index contributed by atoms with van der Waals surface area (Å²) in [5.41, 5.74) is 5.83. The highest BCUT2D eigenvalue weighted by Crippen LogP contribution is 2.30. The summed E-state index contributed by atoms with van der Waals surface area (Å²) in [5.74, 6) is 0.807. The molecule has 5 heteroatoms. The van der Waals surface area contributed by atoms with Crippen LogP contribution in [-0.2, 0) is 0 Å². The minimum atomic E-state index is 0.807. The van der Waals surface area contributed by atoms with Gasteiger partial charge in [-0.05, 0) is 26.0 Å². The summed E-state index contributed by atoms with van der Waals surface area (Å²) in [6.07, 6.45) is 5.45. The molecule has 0 aromatic carbocycles. The lowest BCUT2D eigenvalue weighted by atomic mass is 10.1. The van der Waals surface area contributed by atoms with E-state index in [2.05, 4.69) is 26.2 Å². The maximum atomic E-state index is 5.22. The van der Waals surface area contributed by atoms with E-state index in [0.717, 1.165) is 44.5 Å². The predicted octanol–water partition coefficient (Wildman–Crippen LogP) is 3.38. The van der Waals surface area contributed by atoms with E-state index < -0.39 is 0 Å². The quantitative estimate of drug-likeness (QED) is 0.572. The van der Waals surface area contributed by atoms with Gasteiger partial charge in [0.05, 0.1) is 28.4 Å². The Morgan fingerprint density at radius 3 is 2.85 bits per heavy atom. The number of fused-ring (bicyclic) bond motifs is 3. The molecule has 0 aliphatic rings. The summed E-state index contributed by atoms with van der Waals surface area (Å²) in [7, 11) is 0. The number of aromatic nitrogens is 4. The van der Waals surface area contributed by atoms with Gasteiger partial charge in [-0.2, -0.15) is 0 Å². The molecule has 1 N–H and O–H groups in total. The molecular formula is C15H12N4O.